The van der Waals surface area contributed by atoms with Gasteiger partial charge in [-0.15, -0.1) is 0 Å². The maximum Gasteiger partial charge on any atom is 0.373 e. The SMILES string of the molecule is CC[C@H]1[C@H]([C@H](C)C/C(C)=C/I)O[Si](C(C)(C)C)(C(C)(C)C)O[C@@H]1[C@H](C)/C=C(C)/C=C(\OC)C(=O)OC. The Labute approximate surface area is 235 Å². The topological polar surface area (TPSA) is 54.0 Å². The van der Waals surface area contributed by atoms with Gasteiger partial charge in [0.25, 0.3) is 0 Å². The van der Waals surface area contributed by atoms with E-state index in [9.17, 15) is 4.79 Å². The molecule has 0 aromatic rings. The predicted molar refractivity (Wildman–Crippen MR) is 160 cm³/mol. The van der Waals surface area contributed by atoms with Gasteiger partial charge in [-0.25, -0.2) is 4.79 Å². The van der Waals surface area contributed by atoms with Crippen LogP contribution in [-0.2, 0) is 23.1 Å². The predicted octanol–water partition coefficient (Wildman–Crippen LogP) is 8.49. The highest BCUT2D eigenvalue weighted by atomic mass is 127. The number of halogens is 1. The summed E-state index contributed by atoms with van der Waals surface area (Å²) in [6, 6.07) is 0. The summed E-state index contributed by atoms with van der Waals surface area (Å²) in [4.78, 5) is 12.0. The fourth-order valence-corrected chi connectivity index (χ4v) is 11.4. The zero-order chi connectivity index (χ0) is 28.1. The van der Waals surface area contributed by atoms with E-state index in [1.807, 2.05) is 6.92 Å². The summed E-state index contributed by atoms with van der Waals surface area (Å²) in [6.07, 6.45) is 6.05. The van der Waals surface area contributed by atoms with Gasteiger partial charge in [0.2, 0.25) is 5.76 Å². The van der Waals surface area contributed by atoms with Crippen LogP contribution in [0, 0.1) is 17.8 Å². The molecule has 1 aliphatic rings. The van der Waals surface area contributed by atoms with Gasteiger partial charge in [0.1, 0.15) is 0 Å². The number of rotatable bonds is 9. The van der Waals surface area contributed by atoms with Crippen LogP contribution in [0.1, 0.15) is 89.0 Å². The Kier molecular flexibility index (Phi) is 12.5. The molecule has 1 heterocycles. The van der Waals surface area contributed by atoms with Crippen LogP contribution in [0.4, 0.5) is 0 Å². The zero-order valence-corrected chi connectivity index (χ0v) is 28.1. The van der Waals surface area contributed by atoms with Crippen LogP contribution in [0.2, 0.25) is 10.1 Å². The van der Waals surface area contributed by atoms with Crippen molar-refractivity contribution in [2.75, 3.05) is 14.2 Å². The van der Waals surface area contributed by atoms with Gasteiger partial charge >= 0.3 is 14.5 Å². The standard InChI is InChI=1S/C29H51IO5Si/c1-14-23-25(21(4)15-19(2)17-24(32-12)27(31)33-13)34-36(28(6,7)8,29(9,10)11)35-26(23)22(5)16-20(3)18-30/h15,17-18,21-23,25-26H,14,16H2,1-13H3/b19-15+,20-18+,24-17-/t21-,22-,23-,25-,26+/m1/s1. The van der Waals surface area contributed by atoms with Gasteiger partial charge in [-0.3, -0.25) is 0 Å². The van der Waals surface area contributed by atoms with E-state index < -0.39 is 14.5 Å². The maximum atomic E-state index is 12.0. The van der Waals surface area contributed by atoms with Crippen LogP contribution >= 0.6 is 22.6 Å². The van der Waals surface area contributed by atoms with Crippen molar-refractivity contribution in [3.05, 3.63) is 33.1 Å². The third kappa shape index (κ3) is 7.70. The molecule has 208 valence electrons. The van der Waals surface area contributed by atoms with Crippen LogP contribution in [-0.4, -0.2) is 41.0 Å². The Hall–Kier alpha value is -0.643. The van der Waals surface area contributed by atoms with Crippen molar-refractivity contribution in [3.8, 4) is 0 Å². The Bertz CT molecular complexity index is 820. The van der Waals surface area contributed by atoms with E-state index in [0.29, 0.717) is 5.92 Å². The smallest absolute Gasteiger partial charge is 0.373 e. The Morgan fingerprint density at radius 2 is 1.53 bits per heavy atom. The van der Waals surface area contributed by atoms with Crippen LogP contribution in [0.15, 0.2) is 33.1 Å². The van der Waals surface area contributed by atoms with Crippen molar-refractivity contribution in [1.29, 1.82) is 0 Å². The van der Waals surface area contributed by atoms with Gasteiger partial charge in [-0.05, 0) is 48.7 Å². The molecule has 1 rings (SSSR count). The van der Waals surface area contributed by atoms with Crippen molar-refractivity contribution in [2.24, 2.45) is 17.8 Å². The summed E-state index contributed by atoms with van der Waals surface area (Å²) in [7, 11) is 0.109. The van der Waals surface area contributed by atoms with Gasteiger partial charge in [0.05, 0.1) is 26.4 Å². The molecule has 0 aromatic carbocycles. The largest absolute Gasteiger partial charge is 0.490 e. The van der Waals surface area contributed by atoms with E-state index in [0.717, 1.165) is 18.4 Å². The number of esters is 1. The highest BCUT2D eigenvalue weighted by Gasteiger charge is 2.64. The molecule has 0 spiro atoms. The summed E-state index contributed by atoms with van der Waals surface area (Å²) >= 11 is 2.34. The van der Waals surface area contributed by atoms with E-state index in [1.165, 1.54) is 19.8 Å². The molecule has 0 aliphatic carbocycles. The monoisotopic (exact) mass is 634 g/mol. The quantitative estimate of drug-likeness (QED) is 0.0636. The molecule has 0 unspecified atom stereocenters. The number of methoxy groups -OCH3 is 2. The van der Waals surface area contributed by atoms with Crippen LogP contribution in [0.3, 0.4) is 0 Å². The molecular formula is C29H51IO5Si. The van der Waals surface area contributed by atoms with Crippen molar-refractivity contribution < 1.29 is 23.1 Å². The van der Waals surface area contributed by atoms with Crippen LogP contribution in [0.25, 0.3) is 0 Å². The first kappa shape index (κ1) is 33.4. The van der Waals surface area contributed by atoms with Gasteiger partial charge in [0, 0.05) is 16.0 Å². The molecule has 0 amide bonds. The average Bonchev–Trinajstić information content (AvgIpc) is 2.79. The van der Waals surface area contributed by atoms with Gasteiger partial charge < -0.3 is 18.3 Å². The highest BCUT2D eigenvalue weighted by molar-refractivity contribution is 14.1. The van der Waals surface area contributed by atoms with Crippen LogP contribution in [0.5, 0.6) is 0 Å². The number of carbonyl (C=O) groups is 1. The van der Waals surface area contributed by atoms with Gasteiger partial charge in [-0.2, -0.15) is 0 Å². The highest BCUT2D eigenvalue weighted by Crippen LogP contribution is 2.57. The minimum absolute atomic E-state index is 0.0117. The molecule has 1 fully saturated rings. The van der Waals surface area contributed by atoms with E-state index in [2.05, 4.69) is 102 Å². The molecule has 0 radical (unpaired) electrons. The molecule has 1 aliphatic heterocycles. The van der Waals surface area contributed by atoms with Crippen molar-refractivity contribution >= 4 is 37.1 Å². The second-order valence-corrected chi connectivity index (χ2v) is 17.8. The lowest BCUT2D eigenvalue weighted by Crippen LogP contribution is -2.67. The fourth-order valence-electron chi connectivity index (χ4n) is 5.84. The number of hydrogen-bond acceptors (Lipinski definition) is 5. The number of allylic oxidation sites excluding steroid dienone is 3. The van der Waals surface area contributed by atoms with E-state index in [1.54, 1.807) is 6.08 Å². The van der Waals surface area contributed by atoms with Crippen molar-refractivity contribution in [3.63, 3.8) is 0 Å². The molecule has 0 aromatic heterocycles. The summed E-state index contributed by atoms with van der Waals surface area (Å²) in [5.41, 5.74) is 2.33. The Morgan fingerprint density at radius 1 is 1.00 bits per heavy atom. The first-order valence-electron chi connectivity index (χ1n) is 13.1. The summed E-state index contributed by atoms with van der Waals surface area (Å²) < 4.78 is 26.9. The lowest BCUT2D eigenvalue weighted by Gasteiger charge is -2.59. The second kappa shape index (κ2) is 13.4. The van der Waals surface area contributed by atoms with Gasteiger partial charge in [-0.1, -0.05) is 102 Å². The number of carbonyl (C=O) groups excluding carboxylic acids is 1. The molecule has 0 bridgehead atoms. The van der Waals surface area contributed by atoms with Crippen LogP contribution < -0.4 is 0 Å². The lowest BCUT2D eigenvalue weighted by atomic mass is 9.79. The molecular weight excluding hydrogens is 583 g/mol. The third-order valence-electron chi connectivity index (χ3n) is 7.29. The van der Waals surface area contributed by atoms with Crippen molar-refractivity contribution in [1.82, 2.24) is 0 Å². The lowest BCUT2D eigenvalue weighted by molar-refractivity contribution is -0.139. The summed E-state index contributed by atoms with van der Waals surface area (Å²) in [5, 5.41) is -0.221. The first-order valence-corrected chi connectivity index (χ1v) is 16.2. The third-order valence-corrected chi connectivity index (χ3v) is 13.5. The Morgan fingerprint density at radius 3 is 1.94 bits per heavy atom. The molecule has 0 N–H and O–H groups in total. The molecule has 0 saturated carbocycles. The first-order chi connectivity index (χ1) is 16.5. The Balaban J connectivity index is 3.64. The molecule has 5 atom stereocenters. The molecule has 36 heavy (non-hydrogen) atoms. The average molecular weight is 635 g/mol. The molecule has 5 nitrogen and oxygen atoms in total. The maximum absolute atomic E-state index is 12.0. The van der Waals surface area contributed by atoms with E-state index in [4.69, 9.17) is 18.3 Å². The normalized spacial score (nSPS) is 25.8. The summed E-state index contributed by atoms with van der Waals surface area (Å²) in [6.45, 7) is 24.7. The molecule has 7 heteroatoms. The minimum Gasteiger partial charge on any atom is -0.490 e. The molecule has 1 saturated heterocycles. The summed E-state index contributed by atoms with van der Waals surface area (Å²) in [5.74, 6) is 0.474. The van der Waals surface area contributed by atoms with Gasteiger partial charge in [0.15, 0.2) is 0 Å². The van der Waals surface area contributed by atoms with E-state index >= 15 is 0 Å². The number of ether oxygens (including phenoxy) is 2. The van der Waals surface area contributed by atoms with Crippen molar-refractivity contribution in [2.45, 2.75) is 111 Å². The zero-order valence-electron chi connectivity index (χ0n) is 25.0. The number of hydrogen-bond donors (Lipinski definition) is 0. The second-order valence-electron chi connectivity index (χ2n) is 12.5. The fraction of sp³-hybridized carbons (Fsp3) is 0.759. The minimum atomic E-state index is -2.74. The van der Waals surface area contributed by atoms with E-state index in [-0.39, 0.29) is 39.9 Å².